The second kappa shape index (κ2) is 5.01. The summed E-state index contributed by atoms with van der Waals surface area (Å²) in [5.74, 6) is 0.182. The Balaban J connectivity index is 2.38. The van der Waals surface area contributed by atoms with E-state index in [0.29, 0.717) is 5.92 Å². The van der Waals surface area contributed by atoms with Crippen molar-refractivity contribution < 1.29 is 14.3 Å². The Morgan fingerprint density at radius 3 is 2.50 bits per heavy atom. The van der Waals surface area contributed by atoms with Crippen molar-refractivity contribution in [1.29, 1.82) is 0 Å². The van der Waals surface area contributed by atoms with E-state index < -0.39 is 0 Å². The van der Waals surface area contributed by atoms with E-state index in [1.807, 2.05) is 0 Å². The maximum absolute atomic E-state index is 11.6. The maximum atomic E-state index is 11.6. The van der Waals surface area contributed by atoms with E-state index >= 15 is 0 Å². The lowest BCUT2D eigenvalue weighted by molar-refractivity contribution is -0.166. The molecule has 0 heterocycles. The highest BCUT2D eigenvalue weighted by Crippen LogP contribution is 2.59. The van der Waals surface area contributed by atoms with Crippen LogP contribution >= 0.6 is 0 Å². The smallest absolute Gasteiger partial charge is 0.302 e. The van der Waals surface area contributed by atoms with E-state index in [2.05, 4.69) is 27.7 Å². The molecule has 20 heavy (non-hydrogen) atoms. The van der Waals surface area contributed by atoms with Gasteiger partial charge in [-0.2, -0.15) is 0 Å². The first-order chi connectivity index (χ1) is 9.23. The van der Waals surface area contributed by atoms with Crippen LogP contribution in [0.5, 0.6) is 0 Å². The Morgan fingerprint density at radius 1 is 1.30 bits per heavy atom. The van der Waals surface area contributed by atoms with Gasteiger partial charge < -0.3 is 4.74 Å². The molecule has 0 aromatic rings. The van der Waals surface area contributed by atoms with Crippen LogP contribution in [0.1, 0.15) is 60.3 Å². The second-order valence-corrected chi connectivity index (χ2v) is 7.28. The summed E-state index contributed by atoms with van der Waals surface area (Å²) < 4.78 is 5.55. The lowest BCUT2D eigenvalue weighted by atomic mass is 9.49. The minimum absolute atomic E-state index is 0.0376. The van der Waals surface area contributed by atoms with Gasteiger partial charge >= 0.3 is 5.97 Å². The van der Waals surface area contributed by atoms with Crippen molar-refractivity contribution in [2.45, 2.75) is 66.4 Å². The van der Waals surface area contributed by atoms with Gasteiger partial charge in [-0.15, -0.1) is 0 Å². The zero-order valence-electron chi connectivity index (χ0n) is 13.3. The summed E-state index contributed by atoms with van der Waals surface area (Å²) in [7, 11) is 0. The minimum atomic E-state index is -0.204. The van der Waals surface area contributed by atoms with E-state index in [9.17, 15) is 9.59 Å². The van der Waals surface area contributed by atoms with Crippen molar-refractivity contribution in [1.82, 2.24) is 0 Å². The molecule has 112 valence electrons. The summed E-state index contributed by atoms with van der Waals surface area (Å²) in [5, 5.41) is 0. The van der Waals surface area contributed by atoms with Gasteiger partial charge in [-0.25, -0.2) is 0 Å². The van der Waals surface area contributed by atoms with Crippen molar-refractivity contribution >= 4 is 12.3 Å². The summed E-state index contributed by atoms with van der Waals surface area (Å²) in [6.45, 7) is 10.1. The van der Waals surface area contributed by atoms with Crippen molar-refractivity contribution in [2.24, 2.45) is 16.7 Å². The van der Waals surface area contributed by atoms with Crippen LogP contribution in [-0.4, -0.2) is 18.4 Å². The third-order valence-corrected chi connectivity index (χ3v) is 5.73. The zero-order chi connectivity index (χ0) is 15.1. The molecule has 0 N–H and O–H groups in total. The Hall–Kier alpha value is -1.12. The molecule has 2 rings (SSSR count). The summed E-state index contributed by atoms with van der Waals surface area (Å²) >= 11 is 0. The highest BCUT2D eigenvalue weighted by molar-refractivity contribution is 5.77. The summed E-state index contributed by atoms with van der Waals surface area (Å²) in [6.07, 6.45) is 4.83. The van der Waals surface area contributed by atoms with Crippen LogP contribution in [0, 0.1) is 16.7 Å². The number of hydrogen-bond donors (Lipinski definition) is 0. The lowest BCUT2D eigenvalue weighted by Gasteiger charge is -2.56. The normalized spacial score (nSPS) is 36.2. The van der Waals surface area contributed by atoms with E-state index in [4.69, 9.17) is 4.74 Å². The molecular formula is C17H26O3. The van der Waals surface area contributed by atoms with Crippen LogP contribution in [0.2, 0.25) is 0 Å². The van der Waals surface area contributed by atoms with Crippen LogP contribution in [0.25, 0.3) is 0 Å². The summed E-state index contributed by atoms with van der Waals surface area (Å²) in [5.41, 5.74) is 2.07. The topological polar surface area (TPSA) is 43.4 Å². The fourth-order valence-corrected chi connectivity index (χ4v) is 4.66. The third kappa shape index (κ3) is 2.21. The van der Waals surface area contributed by atoms with Crippen molar-refractivity contribution in [3.63, 3.8) is 0 Å². The molecule has 0 unspecified atom stereocenters. The number of carbonyl (C=O) groups is 2. The van der Waals surface area contributed by atoms with Crippen LogP contribution in [-0.2, 0) is 14.3 Å². The quantitative estimate of drug-likeness (QED) is 0.572. The number of allylic oxidation sites excluding steroid dienone is 2. The molecule has 0 aromatic heterocycles. The zero-order valence-corrected chi connectivity index (χ0v) is 13.3. The number of rotatable bonds is 2. The lowest BCUT2D eigenvalue weighted by Crippen LogP contribution is -2.53. The monoisotopic (exact) mass is 278 g/mol. The molecule has 0 saturated heterocycles. The predicted octanol–water partition coefficient (Wildman–Crippen LogP) is 3.67. The van der Waals surface area contributed by atoms with E-state index in [1.165, 1.54) is 12.5 Å². The molecule has 0 aliphatic heterocycles. The molecule has 0 amide bonds. The standard InChI is InChI=1S/C17H26O3/c1-11-6-7-14-16(3,4)15(20-12(2)19)8-9-17(14,5)13(11)10-18/h10,14-15H,6-9H2,1-5H3/t14-,15-,17+/m0/s1. The molecule has 0 spiro atoms. The van der Waals surface area contributed by atoms with Gasteiger partial charge in [0.15, 0.2) is 0 Å². The highest BCUT2D eigenvalue weighted by Gasteiger charge is 2.55. The Labute approximate surface area is 121 Å². The Kier molecular flexibility index (Phi) is 3.83. The number of aldehydes is 1. The summed E-state index contributed by atoms with van der Waals surface area (Å²) in [4.78, 5) is 22.9. The molecule has 3 heteroatoms. The Bertz CT molecular complexity index is 461. The SMILES string of the molecule is CC(=O)O[C@H]1CC[C@]2(C)C(C=O)=C(C)CC[C@H]2C1(C)C. The van der Waals surface area contributed by atoms with E-state index in [-0.39, 0.29) is 22.9 Å². The first-order valence-electron chi connectivity index (χ1n) is 7.56. The molecule has 3 atom stereocenters. The molecule has 0 aromatic carbocycles. The maximum Gasteiger partial charge on any atom is 0.302 e. The first-order valence-corrected chi connectivity index (χ1v) is 7.56. The molecule has 0 radical (unpaired) electrons. The molecule has 3 nitrogen and oxygen atoms in total. The number of esters is 1. The minimum Gasteiger partial charge on any atom is -0.462 e. The van der Waals surface area contributed by atoms with E-state index in [1.54, 1.807) is 0 Å². The van der Waals surface area contributed by atoms with Gasteiger partial charge in [0.05, 0.1) is 0 Å². The van der Waals surface area contributed by atoms with E-state index in [0.717, 1.165) is 37.5 Å². The fourth-order valence-electron chi connectivity index (χ4n) is 4.66. The van der Waals surface area contributed by atoms with Gasteiger partial charge in [0, 0.05) is 12.3 Å². The van der Waals surface area contributed by atoms with Gasteiger partial charge in [0.25, 0.3) is 0 Å². The largest absolute Gasteiger partial charge is 0.462 e. The molecular weight excluding hydrogens is 252 g/mol. The average Bonchev–Trinajstić information content (AvgIpc) is 2.32. The Morgan fingerprint density at radius 2 is 1.95 bits per heavy atom. The van der Waals surface area contributed by atoms with Crippen molar-refractivity contribution in [3.8, 4) is 0 Å². The molecule has 2 aliphatic carbocycles. The van der Waals surface area contributed by atoms with Crippen LogP contribution < -0.4 is 0 Å². The summed E-state index contributed by atoms with van der Waals surface area (Å²) in [6, 6.07) is 0. The predicted molar refractivity (Wildman–Crippen MR) is 78.2 cm³/mol. The number of carbonyl (C=O) groups excluding carboxylic acids is 2. The van der Waals surface area contributed by atoms with Crippen LogP contribution in [0.4, 0.5) is 0 Å². The van der Waals surface area contributed by atoms with Crippen LogP contribution in [0.3, 0.4) is 0 Å². The van der Waals surface area contributed by atoms with Gasteiger partial charge in [0.2, 0.25) is 0 Å². The fraction of sp³-hybridized carbons (Fsp3) is 0.765. The van der Waals surface area contributed by atoms with Crippen molar-refractivity contribution in [3.05, 3.63) is 11.1 Å². The molecule has 1 fully saturated rings. The van der Waals surface area contributed by atoms with Gasteiger partial charge in [0.1, 0.15) is 12.4 Å². The number of ether oxygens (including phenoxy) is 1. The third-order valence-electron chi connectivity index (χ3n) is 5.73. The van der Waals surface area contributed by atoms with Gasteiger partial charge in [-0.3, -0.25) is 9.59 Å². The number of fused-ring (bicyclic) bond motifs is 1. The highest BCUT2D eigenvalue weighted by atomic mass is 16.5. The van der Waals surface area contributed by atoms with Crippen LogP contribution in [0.15, 0.2) is 11.1 Å². The first kappa shape index (κ1) is 15.3. The molecule has 0 bridgehead atoms. The second-order valence-electron chi connectivity index (χ2n) is 7.28. The van der Waals surface area contributed by atoms with Gasteiger partial charge in [-0.1, -0.05) is 26.3 Å². The molecule has 2 aliphatic rings. The average molecular weight is 278 g/mol. The van der Waals surface area contributed by atoms with Crippen molar-refractivity contribution in [2.75, 3.05) is 0 Å². The van der Waals surface area contributed by atoms with Gasteiger partial charge in [-0.05, 0) is 49.5 Å². The number of hydrogen-bond acceptors (Lipinski definition) is 3. The molecule has 1 saturated carbocycles.